The molecule has 0 bridgehead atoms. The lowest BCUT2D eigenvalue weighted by molar-refractivity contribution is -0.0643. The van der Waals surface area contributed by atoms with E-state index < -0.39 is 17.4 Å². The van der Waals surface area contributed by atoms with Gasteiger partial charge < -0.3 is 27.3 Å². The molecule has 2 aromatic heterocycles. The van der Waals surface area contributed by atoms with Crippen LogP contribution in [0.25, 0.3) is 33.4 Å². The Bertz CT molecular complexity index is 1470. The Kier molecular flexibility index (Phi) is 4.59. The van der Waals surface area contributed by atoms with Crippen molar-refractivity contribution in [1.82, 2.24) is 14.8 Å². The third kappa shape index (κ3) is 3.36. The first-order chi connectivity index (χ1) is 15.7. The van der Waals surface area contributed by atoms with Gasteiger partial charge in [0, 0.05) is 35.6 Å². The third-order valence-electron chi connectivity index (χ3n) is 6.00. The number of primary amides is 1. The highest BCUT2D eigenvalue weighted by molar-refractivity contribution is 6.04. The SMILES string of the molecule is NC(=O)c1c(-c2ccc3c(=O)cc(-c4ccccc4)[nH]c3c2F)nn(C2CC(N)(O)C2)c1N. The highest BCUT2D eigenvalue weighted by atomic mass is 19.1. The molecule has 2 heterocycles. The normalized spacial score (nSPS) is 20.0. The van der Waals surface area contributed by atoms with Crippen molar-refractivity contribution in [3.05, 3.63) is 70.1 Å². The molecule has 0 radical (unpaired) electrons. The molecular weight excluding hydrogens is 427 g/mol. The summed E-state index contributed by atoms with van der Waals surface area (Å²) >= 11 is 0. The smallest absolute Gasteiger partial charge is 0.254 e. The molecule has 1 saturated carbocycles. The molecule has 8 N–H and O–H groups in total. The summed E-state index contributed by atoms with van der Waals surface area (Å²) in [5.41, 5.74) is 16.5. The first-order valence-electron chi connectivity index (χ1n) is 10.3. The fourth-order valence-corrected chi connectivity index (χ4v) is 4.33. The number of amides is 1. The van der Waals surface area contributed by atoms with Crippen LogP contribution in [0.2, 0.25) is 0 Å². The second kappa shape index (κ2) is 7.26. The van der Waals surface area contributed by atoms with Gasteiger partial charge in [0.25, 0.3) is 5.91 Å². The molecule has 0 saturated heterocycles. The predicted octanol–water partition coefficient (Wildman–Crippen LogP) is 1.86. The Balaban J connectivity index is 1.70. The van der Waals surface area contributed by atoms with E-state index in [-0.39, 0.29) is 57.9 Å². The molecular formula is C23H21FN6O3. The maximum absolute atomic E-state index is 15.8. The van der Waals surface area contributed by atoms with Crippen LogP contribution < -0.4 is 22.6 Å². The minimum absolute atomic E-state index is 0.0256. The molecule has 1 aliphatic rings. The van der Waals surface area contributed by atoms with E-state index in [1.165, 1.54) is 22.9 Å². The fourth-order valence-electron chi connectivity index (χ4n) is 4.33. The highest BCUT2D eigenvalue weighted by Crippen LogP contribution is 2.41. The Labute approximate surface area is 186 Å². The number of nitrogens with two attached hydrogens (primary N) is 3. The number of benzene rings is 2. The van der Waals surface area contributed by atoms with Gasteiger partial charge in [0.15, 0.2) is 11.2 Å². The largest absolute Gasteiger partial charge is 0.383 e. The van der Waals surface area contributed by atoms with E-state index in [1.54, 1.807) is 12.1 Å². The lowest BCUT2D eigenvalue weighted by Crippen LogP contribution is -2.52. The number of nitrogen functional groups attached to an aromatic ring is 1. The lowest BCUT2D eigenvalue weighted by Gasteiger charge is -2.40. The number of H-pyrrole nitrogens is 1. The van der Waals surface area contributed by atoms with Crippen LogP contribution in [0.5, 0.6) is 0 Å². The number of aromatic amines is 1. The minimum Gasteiger partial charge on any atom is -0.383 e. The monoisotopic (exact) mass is 448 g/mol. The van der Waals surface area contributed by atoms with Crippen molar-refractivity contribution in [3.63, 3.8) is 0 Å². The van der Waals surface area contributed by atoms with Crippen molar-refractivity contribution in [3.8, 4) is 22.5 Å². The van der Waals surface area contributed by atoms with Gasteiger partial charge in [-0.15, -0.1) is 0 Å². The number of nitrogens with zero attached hydrogens (tertiary/aromatic N) is 2. The van der Waals surface area contributed by atoms with Gasteiger partial charge in [-0.05, 0) is 17.7 Å². The van der Waals surface area contributed by atoms with Crippen LogP contribution in [0.4, 0.5) is 10.2 Å². The average molecular weight is 448 g/mol. The zero-order valence-corrected chi connectivity index (χ0v) is 17.4. The quantitative estimate of drug-likeness (QED) is 0.299. The number of carbonyl (C=O) groups is 1. The number of hydrogen-bond donors (Lipinski definition) is 5. The molecule has 9 nitrogen and oxygen atoms in total. The maximum atomic E-state index is 15.8. The molecule has 5 rings (SSSR count). The molecule has 1 amide bonds. The Morgan fingerprint density at radius 1 is 1.21 bits per heavy atom. The van der Waals surface area contributed by atoms with E-state index in [0.717, 1.165) is 0 Å². The van der Waals surface area contributed by atoms with E-state index in [0.29, 0.717) is 11.3 Å². The molecule has 33 heavy (non-hydrogen) atoms. The zero-order valence-electron chi connectivity index (χ0n) is 17.4. The summed E-state index contributed by atoms with van der Waals surface area (Å²) in [6, 6.07) is 12.9. The van der Waals surface area contributed by atoms with Crippen LogP contribution in [0.3, 0.4) is 0 Å². The van der Waals surface area contributed by atoms with Crippen molar-refractivity contribution in [2.75, 3.05) is 5.73 Å². The summed E-state index contributed by atoms with van der Waals surface area (Å²) in [6.45, 7) is 0. The van der Waals surface area contributed by atoms with Gasteiger partial charge in [-0.1, -0.05) is 30.3 Å². The summed E-state index contributed by atoms with van der Waals surface area (Å²) in [5, 5.41) is 14.4. The van der Waals surface area contributed by atoms with Crippen molar-refractivity contribution < 1.29 is 14.3 Å². The van der Waals surface area contributed by atoms with Crippen LogP contribution in [-0.4, -0.2) is 31.5 Å². The highest BCUT2D eigenvalue weighted by Gasteiger charge is 2.42. The number of carbonyl (C=O) groups excluding carboxylic acids is 1. The average Bonchev–Trinajstić information content (AvgIpc) is 3.10. The van der Waals surface area contributed by atoms with Crippen molar-refractivity contribution >= 4 is 22.6 Å². The molecule has 0 spiro atoms. The Morgan fingerprint density at radius 3 is 2.55 bits per heavy atom. The van der Waals surface area contributed by atoms with E-state index in [9.17, 15) is 14.7 Å². The third-order valence-corrected chi connectivity index (χ3v) is 6.00. The molecule has 10 heteroatoms. The van der Waals surface area contributed by atoms with Crippen molar-refractivity contribution in [2.24, 2.45) is 11.5 Å². The number of anilines is 1. The zero-order chi connectivity index (χ0) is 23.5. The number of fused-ring (bicyclic) bond motifs is 1. The summed E-state index contributed by atoms with van der Waals surface area (Å²) in [6.07, 6.45) is 0.342. The molecule has 0 unspecified atom stereocenters. The van der Waals surface area contributed by atoms with Gasteiger partial charge >= 0.3 is 0 Å². The van der Waals surface area contributed by atoms with Crippen LogP contribution in [0.15, 0.2) is 53.3 Å². The Hall–Kier alpha value is -4.02. The van der Waals surface area contributed by atoms with Gasteiger partial charge in [-0.3, -0.25) is 9.59 Å². The van der Waals surface area contributed by atoms with Crippen molar-refractivity contribution in [2.45, 2.75) is 24.6 Å². The van der Waals surface area contributed by atoms with E-state index in [2.05, 4.69) is 10.1 Å². The number of aliphatic hydroxyl groups is 1. The van der Waals surface area contributed by atoms with Gasteiger partial charge in [-0.25, -0.2) is 9.07 Å². The fraction of sp³-hybridized carbons (Fsp3) is 0.174. The summed E-state index contributed by atoms with van der Waals surface area (Å²) in [7, 11) is 0. The summed E-state index contributed by atoms with van der Waals surface area (Å²) in [4.78, 5) is 27.8. The number of pyridine rings is 1. The van der Waals surface area contributed by atoms with Gasteiger partial charge in [0.05, 0.1) is 11.6 Å². The van der Waals surface area contributed by atoms with Crippen LogP contribution in [0, 0.1) is 5.82 Å². The lowest BCUT2D eigenvalue weighted by atomic mass is 9.83. The van der Waals surface area contributed by atoms with Gasteiger partial charge in [0.2, 0.25) is 0 Å². The Morgan fingerprint density at radius 2 is 1.91 bits per heavy atom. The van der Waals surface area contributed by atoms with E-state index in [1.807, 2.05) is 18.2 Å². The topological polar surface area (TPSA) is 166 Å². The number of hydrogen-bond acceptors (Lipinski definition) is 6. The second-order valence-electron chi connectivity index (χ2n) is 8.35. The molecule has 2 aromatic carbocycles. The number of rotatable bonds is 4. The first kappa shape index (κ1) is 20.9. The predicted molar refractivity (Wildman–Crippen MR) is 122 cm³/mol. The molecule has 1 aliphatic carbocycles. The van der Waals surface area contributed by atoms with Crippen LogP contribution in [-0.2, 0) is 0 Å². The van der Waals surface area contributed by atoms with Gasteiger partial charge in [0.1, 0.15) is 22.8 Å². The van der Waals surface area contributed by atoms with E-state index in [4.69, 9.17) is 17.2 Å². The van der Waals surface area contributed by atoms with Crippen LogP contribution >= 0.6 is 0 Å². The number of aromatic nitrogens is 3. The number of halogens is 1. The standard InChI is InChI=1S/C23H21FN6O3/c24-18-14(19-17(22(26)32)21(25)30(29-19)12-9-23(27,33)10-12)7-6-13-16(31)8-15(28-20(13)18)11-4-2-1-3-5-11/h1-8,12,33H,9-10,25,27H2,(H2,26,32)(H,28,31). The molecule has 0 aliphatic heterocycles. The number of nitrogens with one attached hydrogen (secondary N) is 1. The van der Waals surface area contributed by atoms with Crippen LogP contribution in [0.1, 0.15) is 29.2 Å². The summed E-state index contributed by atoms with van der Waals surface area (Å²) in [5.74, 6) is -1.68. The van der Waals surface area contributed by atoms with Gasteiger partial charge in [-0.2, -0.15) is 5.10 Å². The molecule has 4 aromatic rings. The molecule has 168 valence electrons. The maximum Gasteiger partial charge on any atom is 0.254 e. The summed E-state index contributed by atoms with van der Waals surface area (Å²) < 4.78 is 17.1. The molecule has 0 atom stereocenters. The molecule has 1 fully saturated rings. The van der Waals surface area contributed by atoms with Crippen molar-refractivity contribution in [1.29, 1.82) is 0 Å². The first-order valence-corrected chi connectivity index (χ1v) is 10.3. The second-order valence-corrected chi connectivity index (χ2v) is 8.35. The minimum atomic E-state index is -1.35. The van der Waals surface area contributed by atoms with E-state index >= 15 is 4.39 Å².